The molecular formula is C19H20ClNO. The van der Waals surface area contributed by atoms with E-state index < -0.39 is 0 Å². The van der Waals surface area contributed by atoms with Crippen molar-refractivity contribution in [3.63, 3.8) is 0 Å². The molecule has 0 heterocycles. The molecule has 3 heteroatoms. The van der Waals surface area contributed by atoms with Crippen molar-refractivity contribution in [2.75, 3.05) is 6.61 Å². The first kappa shape index (κ1) is 16.4. The molecule has 0 aliphatic rings. The molecule has 0 saturated heterocycles. The third-order valence-electron chi connectivity index (χ3n) is 3.75. The molecule has 0 N–H and O–H groups in total. The Balaban J connectivity index is 1.86. The largest absolute Gasteiger partial charge is 0.494 e. The van der Waals surface area contributed by atoms with Crippen molar-refractivity contribution in [1.82, 2.24) is 0 Å². The number of hydrogen-bond donors (Lipinski definition) is 0. The van der Waals surface area contributed by atoms with E-state index in [0.29, 0.717) is 6.61 Å². The summed E-state index contributed by atoms with van der Waals surface area (Å²) in [5, 5.41) is 10.1. The van der Waals surface area contributed by atoms with Gasteiger partial charge in [0.2, 0.25) is 0 Å². The van der Waals surface area contributed by atoms with Gasteiger partial charge in [0, 0.05) is 5.02 Å². The third-order valence-corrected chi connectivity index (χ3v) is 4.18. The summed E-state index contributed by atoms with van der Waals surface area (Å²) in [5.41, 5.74) is 3.30. The van der Waals surface area contributed by atoms with Gasteiger partial charge in [0.05, 0.1) is 18.6 Å². The topological polar surface area (TPSA) is 33.0 Å². The quantitative estimate of drug-likeness (QED) is 0.667. The van der Waals surface area contributed by atoms with Gasteiger partial charge in [-0.15, -0.1) is 0 Å². The Morgan fingerprint density at radius 3 is 2.59 bits per heavy atom. The Bertz CT molecular complexity index is 675. The normalized spacial score (nSPS) is 11.7. The van der Waals surface area contributed by atoms with Crippen LogP contribution in [0.5, 0.6) is 5.75 Å². The Hall–Kier alpha value is -1.98. The summed E-state index contributed by atoms with van der Waals surface area (Å²) in [7, 11) is 0. The molecule has 0 amide bonds. The smallest absolute Gasteiger partial charge is 0.119 e. The molecule has 0 aromatic heterocycles. The summed E-state index contributed by atoms with van der Waals surface area (Å²) in [4.78, 5) is 0. The number of nitrogens with zero attached hydrogens (tertiary/aromatic N) is 1. The van der Waals surface area contributed by atoms with Crippen LogP contribution in [0.4, 0.5) is 0 Å². The molecule has 1 unspecified atom stereocenters. The molecular weight excluding hydrogens is 294 g/mol. The third kappa shape index (κ3) is 4.26. The molecule has 2 aromatic carbocycles. The fourth-order valence-corrected chi connectivity index (χ4v) is 2.57. The molecule has 2 nitrogen and oxygen atoms in total. The van der Waals surface area contributed by atoms with E-state index in [1.807, 2.05) is 56.3 Å². The summed E-state index contributed by atoms with van der Waals surface area (Å²) >= 11 is 5.99. The summed E-state index contributed by atoms with van der Waals surface area (Å²) in [6.45, 7) is 4.61. The van der Waals surface area contributed by atoms with Crippen LogP contribution in [0.3, 0.4) is 0 Å². The fourth-order valence-electron chi connectivity index (χ4n) is 2.45. The molecule has 2 aromatic rings. The van der Waals surface area contributed by atoms with Crippen molar-refractivity contribution in [2.45, 2.75) is 32.6 Å². The summed E-state index contributed by atoms with van der Waals surface area (Å²) in [6, 6.07) is 16.1. The number of rotatable bonds is 6. The molecule has 0 aliphatic heterocycles. The second-order valence-electron chi connectivity index (χ2n) is 5.44. The Morgan fingerprint density at radius 2 is 1.91 bits per heavy atom. The van der Waals surface area contributed by atoms with Crippen LogP contribution in [-0.4, -0.2) is 6.61 Å². The van der Waals surface area contributed by atoms with Crippen LogP contribution in [0.25, 0.3) is 0 Å². The lowest BCUT2D eigenvalue weighted by atomic mass is 9.92. The van der Waals surface area contributed by atoms with E-state index in [4.69, 9.17) is 16.3 Å². The molecule has 0 spiro atoms. The second kappa shape index (κ2) is 7.87. The SMILES string of the molecule is Cc1cc(OCCCC(C#N)c2ccccc2C)ccc1Cl. The Kier molecular flexibility index (Phi) is 5.86. The lowest BCUT2D eigenvalue weighted by Crippen LogP contribution is -2.03. The zero-order valence-corrected chi connectivity index (χ0v) is 13.7. The first-order chi connectivity index (χ1) is 10.6. The first-order valence-electron chi connectivity index (χ1n) is 7.46. The van der Waals surface area contributed by atoms with Crippen LogP contribution in [0, 0.1) is 25.2 Å². The maximum absolute atomic E-state index is 9.38. The van der Waals surface area contributed by atoms with Gasteiger partial charge in [-0.3, -0.25) is 0 Å². The summed E-state index contributed by atoms with van der Waals surface area (Å²) in [6.07, 6.45) is 1.64. The molecule has 114 valence electrons. The number of nitriles is 1. The van der Waals surface area contributed by atoms with Gasteiger partial charge in [0.15, 0.2) is 0 Å². The number of ether oxygens (including phenoxy) is 1. The van der Waals surface area contributed by atoms with Gasteiger partial charge >= 0.3 is 0 Å². The Morgan fingerprint density at radius 1 is 1.14 bits per heavy atom. The van der Waals surface area contributed by atoms with Gasteiger partial charge in [-0.25, -0.2) is 0 Å². The molecule has 1 atom stereocenters. The van der Waals surface area contributed by atoms with Crippen molar-refractivity contribution in [3.05, 3.63) is 64.2 Å². The minimum absolute atomic E-state index is 0.0725. The average molecular weight is 314 g/mol. The lowest BCUT2D eigenvalue weighted by molar-refractivity contribution is 0.304. The standard InChI is InChI=1S/C19H20ClNO/c1-14-6-3-4-8-18(14)16(13-21)7-5-11-22-17-9-10-19(20)15(2)12-17/h3-4,6,8-10,12,16H,5,7,11H2,1-2H3. The van der Waals surface area contributed by atoms with Crippen LogP contribution < -0.4 is 4.74 Å². The van der Waals surface area contributed by atoms with E-state index in [1.54, 1.807) is 0 Å². The van der Waals surface area contributed by atoms with Gasteiger partial charge < -0.3 is 4.74 Å². The highest BCUT2D eigenvalue weighted by Crippen LogP contribution is 2.24. The Labute approximate surface area is 137 Å². The lowest BCUT2D eigenvalue weighted by Gasteiger charge is -2.13. The molecule has 22 heavy (non-hydrogen) atoms. The molecule has 0 fully saturated rings. The van der Waals surface area contributed by atoms with Crippen molar-refractivity contribution >= 4 is 11.6 Å². The van der Waals surface area contributed by atoms with Gasteiger partial charge in [-0.1, -0.05) is 35.9 Å². The highest BCUT2D eigenvalue weighted by atomic mass is 35.5. The molecule has 0 bridgehead atoms. The highest BCUT2D eigenvalue weighted by Gasteiger charge is 2.12. The van der Waals surface area contributed by atoms with E-state index in [-0.39, 0.29) is 5.92 Å². The van der Waals surface area contributed by atoms with Crippen LogP contribution in [0.2, 0.25) is 5.02 Å². The van der Waals surface area contributed by atoms with Crippen LogP contribution >= 0.6 is 11.6 Å². The summed E-state index contributed by atoms with van der Waals surface area (Å²) < 4.78 is 5.73. The van der Waals surface area contributed by atoms with E-state index in [0.717, 1.165) is 34.7 Å². The van der Waals surface area contributed by atoms with E-state index in [1.165, 1.54) is 5.56 Å². The maximum atomic E-state index is 9.38. The second-order valence-corrected chi connectivity index (χ2v) is 5.85. The monoisotopic (exact) mass is 313 g/mol. The number of aryl methyl sites for hydroxylation is 2. The number of hydrogen-bond acceptors (Lipinski definition) is 2. The number of benzene rings is 2. The van der Waals surface area contributed by atoms with E-state index in [9.17, 15) is 5.26 Å². The average Bonchev–Trinajstić information content (AvgIpc) is 2.52. The fraction of sp³-hybridized carbons (Fsp3) is 0.316. The van der Waals surface area contributed by atoms with Crippen molar-refractivity contribution in [1.29, 1.82) is 5.26 Å². The minimum Gasteiger partial charge on any atom is -0.494 e. The van der Waals surface area contributed by atoms with Gasteiger partial charge in [-0.2, -0.15) is 5.26 Å². The van der Waals surface area contributed by atoms with Crippen molar-refractivity contribution < 1.29 is 4.74 Å². The maximum Gasteiger partial charge on any atom is 0.119 e. The van der Waals surface area contributed by atoms with Gasteiger partial charge in [0.1, 0.15) is 5.75 Å². The van der Waals surface area contributed by atoms with Crippen LogP contribution in [0.1, 0.15) is 35.4 Å². The number of halogens is 1. The van der Waals surface area contributed by atoms with Gasteiger partial charge in [-0.05, 0) is 61.6 Å². The molecule has 2 rings (SSSR count). The minimum atomic E-state index is -0.0725. The molecule has 0 aliphatic carbocycles. The predicted octanol–water partition coefficient (Wildman–Crippen LogP) is 5.42. The predicted molar refractivity (Wildman–Crippen MR) is 90.5 cm³/mol. The van der Waals surface area contributed by atoms with Crippen molar-refractivity contribution in [2.24, 2.45) is 0 Å². The summed E-state index contributed by atoms with van der Waals surface area (Å²) in [5.74, 6) is 0.753. The van der Waals surface area contributed by atoms with Gasteiger partial charge in [0.25, 0.3) is 0 Å². The first-order valence-corrected chi connectivity index (χ1v) is 7.83. The zero-order valence-electron chi connectivity index (χ0n) is 13.0. The van der Waals surface area contributed by atoms with Crippen molar-refractivity contribution in [3.8, 4) is 11.8 Å². The van der Waals surface area contributed by atoms with Crippen LogP contribution in [0.15, 0.2) is 42.5 Å². The van der Waals surface area contributed by atoms with E-state index >= 15 is 0 Å². The zero-order chi connectivity index (χ0) is 15.9. The van der Waals surface area contributed by atoms with E-state index in [2.05, 4.69) is 6.07 Å². The highest BCUT2D eigenvalue weighted by molar-refractivity contribution is 6.31. The van der Waals surface area contributed by atoms with Crippen LogP contribution in [-0.2, 0) is 0 Å². The molecule has 0 saturated carbocycles. The molecule has 0 radical (unpaired) electrons.